The number of epoxide rings is 1. The first-order valence-electron chi connectivity index (χ1n) is 14.5. The quantitative estimate of drug-likeness (QED) is 0.330. The number of carbonyl (C=O) groups excluding carboxylic acids is 3. The van der Waals surface area contributed by atoms with Crippen LogP contribution >= 0.6 is 0 Å². The maximum Gasteiger partial charge on any atom is 0.312 e. The van der Waals surface area contributed by atoms with Gasteiger partial charge in [-0.2, -0.15) is 5.26 Å². The molecule has 1 aliphatic heterocycles. The minimum absolute atomic E-state index is 0.00452. The third-order valence-corrected chi connectivity index (χ3v) is 13.3. The summed E-state index contributed by atoms with van der Waals surface area (Å²) in [7, 11) is 1.48. The predicted octanol–water partition coefficient (Wildman–Crippen LogP) is 5.59. The minimum atomic E-state index is -1.41. The average molecular weight is 522 g/mol. The van der Waals surface area contributed by atoms with Crippen LogP contribution in [-0.2, 0) is 23.9 Å². The number of methoxy groups -OCH3 is 1. The van der Waals surface area contributed by atoms with E-state index in [0.29, 0.717) is 0 Å². The molecule has 5 fully saturated rings. The van der Waals surface area contributed by atoms with Gasteiger partial charge in [0.2, 0.25) is 5.60 Å². The second-order valence-corrected chi connectivity index (χ2v) is 15.6. The van der Waals surface area contributed by atoms with Crippen molar-refractivity contribution in [1.82, 2.24) is 0 Å². The van der Waals surface area contributed by atoms with E-state index in [2.05, 4.69) is 40.7 Å². The van der Waals surface area contributed by atoms with Crippen LogP contribution in [0.1, 0.15) is 93.4 Å². The summed E-state index contributed by atoms with van der Waals surface area (Å²) in [6, 6.07) is 2.24. The Hall–Kier alpha value is -2.00. The van der Waals surface area contributed by atoms with E-state index in [-0.39, 0.29) is 51.5 Å². The van der Waals surface area contributed by atoms with Gasteiger partial charge >= 0.3 is 5.97 Å². The van der Waals surface area contributed by atoms with Crippen LogP contribution in [0.15, 0.2) is 11.6 Å². The molecule has 1 heterocycles. The number of carbonyl (C=O) groups is 3. The molecule has 9 atom stereocenters. The van der Waals surface area contributed by atoms with Crippen molar-refractivity contribution >= 4 is 17.5 Å². The van der Waals surface area contributed by atoms with Gasteiger partial charge in [0, 0.05) is 16.7 Å². The molecule has 2 unspecified atom stereocenters. The Balaban J connectivity index is 1.52. The van der Waals surface area contributed by atoms with Crippen molar-refractivity contribution in [2.45, 2.75) is 105 Å². The van der Waals surface area contributed by atoms with E-state index >= 15 is 0 Å². The third-order valence-electron chi connectivity index (χ3n) is 13.3. The molecule has 0 N–H and O–H groups in total. The molecule has 6 nitrogen and oxygen atoms in total. The Morgan fingerprint density at radius 1 is 1.03 bits per heavy atom. The van der Waals surface area contributed by atoms with Crippen molar-refractivity contribution in [3.63, 3.8) is 0 Å². The molecule has 0 aromatic carbocycles. The van der Waals surface area contributed by atoms with Crippen LogP contribution < -0.4 is 0 Å². The molecular weight excluding hydrogens is 478 g/mol. The first kappa shape index (κ1) is 26.2. The van der Waals surface area contributed by atoms with Crippen molar-refractivity contribution in [3.8, 4) is 6.07 Å². The third kappa shape index (κ3) is 2.66. The van der Waals surface area contributed by atoms with E-state index < -0.39 is 27.9 Å². The molecule has 0 aromatic rings. The smallest absolute Gasteiger partial charge is 0.312 e. The number of allylic oxidation sites excluding steroid dienone is 1. The standard InChI is InChI=1S/C32H43NO5/c1-26(2)11-13-31(25(36)37-8)14-12-29(6)22(18(31)16-26)19(34)15-21-28(29,5)10-9-20-27(3,4)23(35)32(17-33)24(38-32)30(20,21)7/h15,18,20,22,24H,9-14,16H2,1-8H3/t18?,20-,22?,24+,28+,29+,30-,31-,32-/m0/s1. The summed E-state index contributed by atoms with van der Waals surface area (Å²) in [5.74, 6) is -0.486. The maximum absolute atomic E-state index is 14.5. The van der Waals surface area contributed by atoms with Crippen molar-refractivity contribution < 1.29 is 23.9 Å². The maximum atomic E-state index is 14.5. The predicted molar refractivity (Wildman–Crippen MR) is 140 cm³/mol. The highest BCUT2D eigenvalue weighted by Gasteiger charge is 2.82. The Labute approximate surface area is 226 Å². The number of nitrogens with zero attached hydrogens (tertiary/aromatic N) is 1. The molecule has 6 heteroatoms. The topological polar surface area (TPSA) is 96.8 Å². The number of esters is 1. The zero-order chi connectivity index (χ0) is 27.9. The Bertz CT molecular complexity index is 1240. The number of ketones is 2. The van der Waals surface area contributed by atoms with Gasteiger partial charge in [0.15, 0.2) is 11.6 Å². The Kier molecular flexibility index (Phi) is 4.97. The molecule has 0 aromatic heterocycles. The van der Waals surface area contributed by atoms with E-state index in [1.165, 1.54) is 7.11 Å². The summed E-state index contributed by atoms with van der Waals surface area (Å²) in [6.07, 6.45) is 7.16. The highest BCUT2D eigenvalue weighted by molar-refractivity contribution is 6.01. The van der Waals surface area contributed by atoms with Gasteiger partial charge in [-0.25, -0.2) is 0 Å². The van der Waals surface area contributed by atoms with Crippen molar-refractivity contribution in [2.24, 2.45) is 50.2 Å². The summed E-state index contributed by atoms with van der Waals surface area (Å²) >= 11 is 0. The Morgan fingerprint density at radius 2 is 1.68 bits per heavy atom. The van der Waals surface area contributed by atoms with Crippen LogP contribution in [0, 0.1) is 61.6 Å². The molecule has 38 heavy (non-hydrogen) atoms. The monoisotopic (exact) mass is 521 g/mol. The van der Waals surface area contributed by atoms with Crippen molar-refractivity contribution in [3.05, 3.63) is 11.6 Å². The second kappa shape index (κ2) is 7.19. The highest BCUT2D eigenvalue weighted by Crippen LogP contribution is 2.77. The number of fused-ring (bicyclic) bond motifs is 9. The molecule has 0 bridgehead atoms. The van der Waals surface area contributed by atoms with Gasteiger partial charge in [-0.3, -0.25) is 14.4 Å². The van der Waals surface area contributed by atoms with Crippen molar-refractivity contribution in [1.29, 1.82) is 5.26 Å². The Morgan fingerprint density at radius 3 is 2.32 bits per heavy atom. The van der Waals surface area contributed by atoms with E-state index in [4.69, 9.17) is 9.47 Å². The molecule has 1 saturated heterocycles. The van der Waals surface area contributed by atoms with E-state index in [1.807, 2.05) is 19.9 Å². The van der Waals surface area contributed by atoms with Crippen LogP contribution in [0.5, 0.6) is 0 Å². The molecule has 6 aliphatic rings. The van der Waals surface area contributed by atoms with E-state index in [9.17, 15) is 19.6 Å². The van der Waals surface area contributed by atoms with Gasteiger partial charge < -0.3 is 9.47 Å². The summed E-state index contributed by atoms with van der Waals surface area (Å²) in [5, 5.41) is 10.1. The number of Topliss-reactive ketones (excluding diaryl/α,β-unsaturated/α-hetero) is 1. The normalized spacial score (nSPS) is 51.6. The first-order valence-corrected chi connectivity index (χ1v) is 14.5. The lowest BCUT2D eigenvalue weighted by Crippen LogP contribution is -2.68. The minimum Gasteiger partial charge on any atom is -0.469 e. The fraction of sp³-hybridized carbons (Fsp3) is 0.812. The van der Waals surface area contributed by atoms with E-state index in [1.54, 1.807) is 0 Å². The van der Waals surface area contributed by atoms with Crippen LogP contribution in [0.4, 0.5) is 0 Å². The van der Waals surface area contributed by atoms with Crippen LogP contribution in [-0.4, -0.2) is 36.4 Å². The average Bonchev–Trinajstić information content (AvgIpc) is 3.61. The van der Waals surface area contributed by atoms with Crippen molar-refractivity contribution in [2.75, 3.05) is 7.11 Å². The highest BCUT2D eigenvalue weighted by atomic mass is 16.6. The van der Waals surface area contributed by atoms with Gasteiger partial charge in [-0.05, 0) is 79.1 Å². The molecule has 206 valence electrons. The number of ether oxygens (including phenoxy) is 2. The fourth-order valence-corrected chi connectivity index (χ4v) is 11.0. The van der Waals surface area contributed by atoms with Crippen LogP contribution in [0.3, 0.4) is 0 Å². The number of hydrogen-bond donors (Lipinski definition) is 0. The summed E-state index contributed by atoms with van der Waals surface area (Å²) in [4.78, 5) is 41.4. The molecule has 0 radical (unpaired) electrons. The van der Waals surface area contributed by atoms with Gasteiger partial charge in [0.05, 0.1) is 12.5 Å². The largest absolute Gasteiger partial charge is 0.469 e. The summed E-state index contributed by atoms with van der Waals surface area (Å²) in [6.45, 7) is 15.2. The molecule has 4 saturated carbocycles. The molecule has 5 aliphatic carbocycles. The van der Waals surface area contributed by atoms with Gasteiger partial charge in [-0.15, -0.1) is 0 Å². The summed E-state index contributed by atoms with van der Waals surface area (Å²) in [5.41, 5.74) is -2.83. The van der Waals surface area contributed by atoms with Gasteiger partial charge in [0.25, 0.3) is 0 Å². The fourth-order valence-electron chi connectivity index (χ4n) is 11.0. The molecule has 0 spiro atoms. The van der Waals surface area contributed by atoms with Gasteiger partial charge in [0.1, 0.15) is 12.2 Å². The lowest BCUT2D eigenvalue weighted by Gasteiger charge is -2.69. The lowest BCUT2D eigenvalue weighted by atomic mass is 9.33. The number of hydrogen-bond acceptors (Lipinski definition) is 6. The SMILES string of the molecule is COC(=O)[C@]12CCC(C)(C)CC1C1C(=O)C=C3[C@@]4(C)[C@H]5O[C@@]5(C#N)C(=O)C(C)(C)[C@@H]4CC[C@@]3(C)[C@]1(C)CC2. The number of rotatable bonds is 1. The van der Waals surface area contributed by atoms with E-state index in [0.717, 1.165) is 50.5 Å². The molecular formula is C32H43NO5. The second-order valence-electron chi connectivity index (χ2n) is 15.6. The molecule has 6 rings (SSSR count). The molecule has 0 amide bonds. The lowest BCUT2D eigenvalue weighted by molar-refractivity contribution is -0.192. The summed E-state index contributed by atoms with van der Waals surface area (Å²) < 4.78 is 11.5. The van der Waals surface area contributed by atoms with Crippen LogP contribution in [0.25, 0.3) is 0 Å². The van der Waals surface area contributed by atoms with Gasteiger partial charge in [-0.1, -0.05) is 54.0 Å². The zero-order valence-corrected chi connectivity index (χ0v) is 24.3. The zero-order valence-electron chi connectivity index (χ0n) is 24.3. The number of nitriles is 1. The first-order chi connectivity index (χ1) is 17.5. The van der Waals surface area contributed by atoms with Crippen LogP contribution in [0.2, 0.25) is 0 Å².